The van der Waals surface area contributed by atoms with Crippen molar-refractivity contribution in [2.45, 2.75) is 25.6 Å². The first-order valence-corrected chi connectivity index (χ1v) is 4.62. The summed E-state index contributed by atoms with van der Waals surface area (Å²) >= 11 is 0. The maximum absolute atomic E-state index is 5.23. The molecule has 0 atom stereocenters. The van der Waals surface area contributed by atoms with E-state index in [0.29, 0.717) is 0 Å². The van der Waals surface area contributed by atoms with E-state index in [-0.39, 0.29) is 6.29 Å². The van der Waals surface area contributed by atoms with E-state index in [1.807, 2.05) is 0 Å². The molecule has 0 radical (unpaired) electrons. The predicted octanol–water partition coefficient (Wildman–Crippen LogP) is 1.22. The third-order valence-electron chi connectivity index (χ3n) is 2.50. The lowest BCUT2D eigenvalue weighted by molar-refractivity contribution is -0.0416. The molecule has 0 aromatic heterocycles. The molecule has 2 rings (SSSR count). The first-order chi connectivity index (χ1) is 5.95. The van der Waals surface area contributed by atoms with Gasteiger partial charge in [-0.2, -0.15) is 0 Å². The van der Waals surface area contributed by atoms with Crippen molar-refractivity contribution in [1.82, 2.24) is 5.32 Å². The topological polar surface area (TPSA) is 30.5 Å². The Bertz CT molecular complexity index is 156. The molecule has 12 heavy (non-hydrogen) atoms. The van der Waals surface area contributed by atoms with Crippen LogP contribution in [-0.2, 0) is 9.47 Å². The molecule has 0 bridgehead atoms. The van der Waals surface area contributed by atoms with E-state index in [9.17, 15) is 0 Å². The van der Waals surface area contributed by atoms with Crippen LogP contribution >= 0.6 is 0 Å². The van der Waals surface area contributed by atoms with Crippen molar-refractivity contribution in [3.05, 3.63) is 12.5 Å². The Kier molecular flexibility index (Phi) is 2.51. The van der Waals surface area contributed by atoms with E-state index in [2.05, 4.69) is 5.32 Å². The highest BCUT2D eigenvalue weighted by molar-refractivity contribution is 4.75. The van der Waals surface area contributed by atoms with E-state index in [0.717, 1.165) is 25.4 Å². The van der Waals surface area contributed by atoms with Gasteiger partial charge in [-0.15, -0.1) is 0 Å². The lowest BCUT2D eigenvalue weighted by atomic mass is 9.94. The van der Waals surface area contributed by atoms with Crippen molar-refractivity contribution in [3.8, 4) is 0 Å². The number of hydrogen-bond donors (Lipinski definition) is 1. The molecule has 0 spiro atoms. The van der Waals surface area contributed by atoms with Crippen molar-refractivity contribution in [3.63, 3.8) is 0 Å². The first kappa shape index (κ1) is 7.92. The van der Waals surface area contributed by atoms with E-state index in [1.54, 1.807) is 12.5 Å². The molecule has 0 aromatic rings. The molecular weight excluding hydrogens is 154 g/mol. The van der Waals surface area contributed by atoms with Crippen molar-refractivity contribution in [2.75, 3.05) is 13.1 Å². The second-order valence-electron chi connectivity index (χ2n) is 3.40. The number of rotatable bonds is 2. The number of piperidine rings is 1. The molecule has 3 heteroatoms. The molecule has 2 aliphatic heterocycles. The fourth-order valence-electron chi connectivity index (χ4n) is 1.77. The van der Waals surface area contributed by atoms with Gasteiger partial charge in [-0.3, -0.25) is 0 Å². The molecule has 0 aromatic carbocycles. The molecule has 0 aliphatic carbocycles. The molecule has 0 unspecified atom stereocenters. The summed E-state index contributed by atoms with van der Waals surface area (Å²) in [6, 6.07) is 0. The van der Waals surface area contributed by atoms with Crippen LogP contribution < -0.4 is 5.32 Å². The number of ether oxygens (including phenoxy) is 2. The Balaban J connectivity index is 1.70. The normalized spacial score (nSPS) is 25.3. The van der Waals surface area contributed by atoms with Crippen LogP contribution in [0.3, 0.4) is 0 Å². The molecular formula is C9H15NO2. The summed E-state index contributed by atoms with van der Waals surface area (Å²) in [7, 11) is 0. The SMILES string of the molecule is C1=COC(CC2CCNCC2)O1. The fraction of sp³-hybridized carbons (Fsp3) is 0.778. The van der Waals surface area contributed by atoms with Gasteiger partial charge in [-0.25, -0.2) is 0 Å². The maximum atomic E-state index is 5.23. The van der Waals surface area contributed by atoms with Gasteiger partial charge in [0.2, 0.25) is 6.29 Å². The summed E-state index contributed by atoms with van der Waals surface area (Å²) in [6.07, 6.45) is 6.80. The minimum atomic E-state index is -0.00639. The van der Waals surface area contributed by atoms with Crippen LogP contribution in [0.2, 0.25) is 0 Å². The van der Waals surface area contributed by atoms with Gasteiger partial charge in [0.25, 0.3) is 0 Å². The van der Waals surface area contributed by atoms with Crippen molar-refractivity contribution in [1.29, 1.82) is 0 Å². The molecule has 68 valence electrons. The van der Waals surface area contributed by atoms with Gasteiger partial charge in [0.05, 0.1) is 0 Å². The Morgan fingerprint density at radius 3 is 2.50 bits per heavy atom. The zero-order valence-electron chi connectivity index (χ0n) is 7.16. The van der Waals surface area contributed by atoms with Gasteiger partial charge >= 0.3 is 0 Å². The van der Waals surface area contributed by atoms with Crippen LogP contribution in [0, 0.1) is 5.92 Å². The molecule has 0 saturated carbocycles. The zero-order valence-corrected chi connectivity index (χ0v) is 7.16. The van der Waals surface area contributed by atoms with Crippen LogP contribution in [-0.4, -0.2) is 19.4 Å². The second-order valence-corrected chi connectivity index (χ2v) is 3.40. The number of nitrogens with one attached hydrogen (secondary N) is 1. The van der Waals surface area contributed by atoms with Gasteiger partial charge in [-0.1, -0.05) is 0 Å². The second kappa shape index (κ2) is 3.81. The molecule has 2 heterocycles. The van der Waals surface area contributed by atoms with Gasteiger partial charge in [0, 0.05) is 6.42 Å². The van der Waals surface area contributed by atoms with E-state index in [1.165, 1.54) is 12.8 Å². The van der Waals surface area contributed by atoms with Gasteiger partial charge in [0.1, 0.15) is 12.5 Å². The first-order valence-electron chi connectivity index (χ1n) is 4.62. The average Bonchev–Trinajstić information content (AvgIpc) is 2.59. The van der Waals surface area contributed by atoms with Crippen LogP contribution in [0.25, 0.3) is 0 Å². The van der Waals surface area contributed by atoms with Crippen molar-refractivity contribution >= 4 is 0 Å². The minimum absolute atomic E-state index is 0.00639. The third-order valence-corrected chi connectivity index (χ3v) is 2.50. The van der Waals surface area contributed by atoms with Crippen LogP contribution in [0.4, 0.5) is 0 Å². The van der Waals surface area contributed by atoms with Gasteiger partial charge in [-0.05, 0) is 31.8 Å². The highest BCUT2D eigenvalue weighted by Crippen LogP contribution is 2.22. The monoisotopic (exact) mass is 169 g/mol. The molecule has 1 N–H and O–H groups in total. The zero-order chi connectivity index (χ0) is 8.23. The highest BCUT2D eigenvalue weighted by atomic mass is 16.7. The van der Waals surface area contributed by atoms with Crippen LogP contribution in [0.5, 0.6) is 0 Å². The molecule has 0 amide bonds. The summed E-state index contributed by atoms with van der Waals surface area (Å²) in [6.45, 7) is 2.29. The average molecular weight is 169 g/mol. The summed E-state index contributed by atoms with van der Waals surface area (Å²) in [5.74, 6) is 0.774. The smallest absolute Gasteiger partial charge is 0.239 e. The summed E-state index contributed by atoms with van der Waals surface area (Å²) in [5.41, 5.74) is 0. The predicted molar refractivity (Wildman–Crippen MR) is 45.3 cm³/mol. The van der Waals surface area contributed by atoms with E-state index in [4.69, 9.17) is 9.47 Å². The molecule has 3 nitrogen and oxygen atoms in total. The Hall–Kier alpha value is -0.700. The lowest BCUT2D eigenvalue weighted by Crippen LogP contribution is -2.29. The summed E-state index contributed by atoms with van der Waals surface area (Å²) in [5, 5.41) is 3.34. The molecule has 1 fully saturated rings. The number of hydrogen-bond acceptors (Lipinski definition) is 3. The summed E-state index contributed by atoms with van der Waals surface area (Å²) in [4.78, 5) is 0. The molecule has 1 saturated heterocycles. The summed E-state index contributed by atoms with van der Waals surface area (Å²) < 4.78 is 10.5. The van der Waals surface area contributed by atoms with Crippen LogP contribution in [0.15, 0.2) is 12.5 Å². The standard InChI is InChI=1S/C9H15NO2/c1-3-10-4-2-8(1)7-9-11-5-6-12-9/h5-6,8-10H,1-4,7H2. The van der Waals surface area contributed by atoms with Crippen LogP contribution in [0.1, 0.15) is 19.3 Å². The van der Waals surface area contributed by atoms with Gasteiger partial charge in [0.15, 0.2) is 0 Å². The Morgan fingerprint density at radius 2 is 1.83 bits per heavy atom. The minimum Gasteiger partial charge on any atom is -0.459 e. The molecule has 2 aliphatic rings. The highest BCUT2D eigenvalue weighted by Gasteiger charge is 2.21. The van der Waals surface area contributed by atoms with E-state index < -0.39 is 0 Å². The maximum Gasteiger partial charge on any atom is 0.239 e. The van der Waals surface area contributed by atoms with E-state index >= 15 is 0 Å². The van der Waals surface area contributed by atoms with Gasteiger partial charge < -0.3 is 14.8 Å². The Morgan fingerprint density at radius 1 is 1.17 bits per heavy atom. The van der Waals surface area contributed by atoms with Crippen molar-refractivity contribution < 1.29 is 9.47 Å². The lowest BCUT2D eigenvalue weighted by Gasteiger charge is -2.24. The Labute approximate surface area is 72.7 Å². The third kappa shape index (κ3) is 1.91. The fourth-order valence-corrected chi connectivity index (χ4v) is 1.77. The van der Waals surface area contributed by atoms with Crippen molar-refractivity contribution in [2.24, 2.45) is 5.92 Å². The largest absolute Gasteiger partial charge is 0.459 e. The quantitative estimate of drug-likeness (QED) is 0.674.